The summed E-state index contributed by atoms with van der Waals surface area (Å²) in [5, 5.41) is 10.8. The number of nitrogens with one attached hydrogen (secondary N) is 1. The van der Waals surface area contributed by atoms with E-state index in [9.17, 15) is 22.8 Å². The van der Waals surface area contributed by atoms with E-state index in [1.165, 1.54) is 12.1 Å². The van der Waals surface area contributed by atoms with Gasteiger partial charge >= 0.3 is 12.1 Å². The molecule has 2 rings (SSSR count). The standard InChI is InChI=1S/C18H19F3N2O4/c1-2-23(11-16(24)22-9-17(25)26)10-14-7-8-15(27-14)12-3-5-13(6-4-12)18(19,20)21/h3-8H,2,9-11H2,1H3,(H,22,24)(H,25,26). The summed E-state index contributed by atoms with van der Waals surface area (Å²) in [7, 11) is 0. The number of benzene rings is 1. The van der Waals surface area contributed by atoms with Gasteiger partial charge in [0, 0.05) is 5.56 Å². The number of carboxylic acids is 1. The molecule has 0 unspecified atom stereocenters. The Labute approximate surface area is 153 Å². The maximum atomic E-state index is 12.6. The highest BCUT2D eigenvalue weighted by Gasteiger charge is 2.30. The molecule has 0 radical (unpaired) electrons. The fourth-order valence-electron chi connectivity index (χ4n) is 2.37. The van der Waals surface area contributed by atoms with E-state index in [4.69, 9.17) is 9.52 Å². The molecule has 6 nitrogen and oxygen atoms in total. The fourth-order valence-corrected chi connectivity index (χ4v) is 2.37. The Morgan fingerprint density at radius 1 is 1.15 bits per heavy atom. The normalized spacial score (nSPS) is 11.6. The maximum absolute atomic E-state index is 12.6. The predicted molar refractivity (Wildman–Crippen MR) is 90.7 cm³/mol. The Kier molecular flexibility index (Phi) is 6.62. The molecule has 0 atom stereocenters. The van der Waals surface area contributed by atoms with Crippen LogP contribution in [0, 0.1) is 0 Å². The molecule has 0 saturated carbocycles. The van der Waals surface area contributed by atoms with Crippen molar-refractivity contribution in [2.45, 2.75) is 19.6 Å². The Morgan fingerprint density at radius 2 is 1.81 bits per heavy atom. The third kappa shape index (κ3) is 6.14. The third-order valence-electron chi connectivity index (χ3n) is 3.79. The predicted octanol–water partition coefficient (Wildman–Crippen LogP) is 2.99. The number of alkyl halides is 3. The zero-order chi connectivity index (χ0) is 20.0. The maximum Gasteiger partial charge on any atom is 0.416 e. The fraction of sp³-hybridized carbons (Fsp3) is 0.333. The highest BCUT2D eigenvalue weighted by atomic mass is 19.4. The van der Waals surface area contributed by atoms with Gasteiger partial charge in [0.05, 0.1) is 18.7 Å². The minimum absolute atomic E-state index is 0.0000922. The molecule has 0 aliphatic heterocycles. The van der Waals surface area contributed by atoms with Crippen molar-refractivity contribution in [1.29, 1.82) is 0 Å². The van der Waals surface area contributed by atoms with E-state index in [-0.39, 0.29) is 6.54 Å². The Morgan fingerprint density at radius 3 is 2.37 bits per heavy atom. The van der Waals surface area contributed by atoms with E-state index in [0.29, 0.717) is 30.2 Å². The van der Waals surface area contributed by atoms with Crippen molar-refractivity contribution in [3.8, 4) is 11.3 Å². The minimum atomic E-state index is -4.39. The molecule has 146 valence electrons. The van der Waals surface area contributed by atoms with Crippen molar-refractivity contribution < 1.29 is 32.3 Å². The molecule has 0 fully saturated rings. The van der Waals surface area contributed by atoms with E-state index >= 15 is 0 Å². The van der Waals surface area contributed by atoms with Gasteiger partial charge in [0.1, 0.15) is 18.1 Å². The summed E-state index contributed by atoms with van der Waals surface area (Å²) in [6.07, 6.45) is -4.39. The number of hydrogen-bond donors (Lipinski definition) is 2. The molecule has 2 N–H and O–H groups in total. The lowest BCUT2D eigenvalue weighted by Crippen LogP contribution is -2.38. The number of aliphatic carboxylic acids is 1. The van der Waals surface area contributed by atoms with Crippen molar-refractivity contribution in [1.82, 2.24) is 10.2 Å². The highest BCUT2D eigenvalue weighted by Crippen LogP contribution is 2.31. The largest absolute Gasteiger partial charge is 0.480 e. The van der Waals surface area contributed by atoms with Crippen LogP contribution in [0.4, 0.5) is 13.2 Å². The topological polar surface area (TPSA) is 82.8 Å². The molecule has 0 bridgehead atoms. The van der Waals surface area contributed by atoms with Crippen molar-refractivity contribution in [2.75, 3.05) is 19.6 Å². The summed E-state index contributed by atoms with van der Waals surface area (Å²) in [4.78, 5) is 23.9. The first kappa shape index (κ1) is 20.5. The lowest BCUT2D eigenvalue weighted by molar-refractivity contribution is -0.138. The van der Waals surface area contributed by atoms with E-state index in [2.05, 4.69) is 5.32 Å². The smallest absolute Gasteiger partial charge is 0.416 e. The summed E-state index contributed by atoms with van der Waals surface area (Å²) in [5.41, 5.74) is -0.223. The number of likely N-dealkylation sites (N-methyl/N-ethyl adjacent to an activating group) is 1. The Bertz CT molecular complexity index is 785. The molecule has 1 amide bonds. The van der Waals surface area contributed by atoms with Gasteiger partial charge in [0.25, 0.3) is 0 Å². The highest BCUT2D eigenvalue weighted by molar-refractivity contribution is 5.82. The van der Waals surface area contributed by atoms with Crippen LogP contribution < -0.4 is 5.32 Å². The molecule has 1 aromatic heterocycles. The van der Waals surface area contributed by atoms with Gasteiger partial charge in [-0.25, -0.2) is 0 Å². The number of halogens is 3. The molecule has 0 aliphatic rings. The summed E-state index contributed by atoms with van der Waals surface area (Å²) < 4.78 is 43.5. The minimum Gasteiger partial charge on any atom is -0.480 e. The third-order valence-corrected chi connectivity index (χ3v) is 3.79. The lowest BCUT2D eigenvalue weighted by atomic mass is 10.1. The quantitative estimate of drug-likeness (QED) is 0.731. The molecular formula is C18H19F3N2O4. The number of carbonyl (C=O) groups excluding carboxylic acids is 1. The van der Waals surface area contributed by atoms with E-state index in [0.717, 1.165) is 12.1 Å². The first-order valence-corrected chi connectivity index (χ1v) is 8.16. The Hall–Kier alpha value is -2.81. The van der Waals surface area contributed by atoms with Gasteiger partial charge in [-0.15, -0.1) is 0 Å². The van der Waals surface area contributed by atoms with Gasteiger partial charge < -0.3 is 14.8 Å². The first-order chi connectivity index (χ1) is 12.7. The summed E-state index contributed by atoms with van der Waals surface area (Å²) >= 11 is 0. The van der Waals surface area contributed by atoms with Crippen LogP contribution in [0.5, 0.6) is 0 Å². The number of furan rings is 1. The summed E-state index contributed by atoms with van der Waals surface area (Å²) in [6.45, 7) is 2.22. The summed E-state index contributed by atoms with van der Waals surface area (Å²) in [5.74, 6) is -0.588. The van der Waals surface area contributed by atoms with Crippen LogP contribution >= 0.6 is 0 Å². The van der Waals surface area contributed by atoms with Crippen LogP contribution in [0.15, 0.2) is 40.8 Å². The number of hydrogen-bond acceptors (Lipinski definition) is 4. The van der Waals surface area contributed by atoms with Gasteiger partial charge in [-0.05, 0) is 30.8 Å². The van der Waals surface area contributed by atoms with Crippen molar-refractivity contribution in [3.63, 3.8) is 0 Å². The van der Waals surface area contributed by atoms with Crippen LogP contribution in [-0.4, -0.2) is 41.5 Å². The van der Waals surface area contributed by atoms with Crippen molar-refractivity contribution in [3.05, 3.63) is 47.7 Å². The second kappa shape index (κ2) is 8.72. The van der Waals surface area contributed by atoms with Gasteiger partial charge in [0.2, 0.25) is 5.91 Å². The average molecular weight is 384 g/mol. The zero-order valence-corrected chi connectivity index (χ0v) is 14.5. The van der Waals surface area contributed by atoms with E-state index in [1.54, 1.807) is 17.0 Å². The van der Waals surface area contributed by atoms with E-state index < -0.39 is 30.2 Å². The van der Waals surface area contributed by atoms with Crippen molar-refractivity contribution >= 4 is 11.9 Å². The number of nitrogens with zero attached hydrogens (tertiary/aromatic N) is 1. The number of rotatable bonds is 8. The molecule has 9 heteroatoms. The molecule has 1 heterocycles. The number of amides is 1. The first-order valence-electron chi connectivity index (χ1n) is 8.16. The van der Waals surface area contributed by atoms with Crippen LogP contribution in [0.3, 0.4) is 0 Å². The molecule has 0 saturated heterocycles. The van der Waals surface area contributed by atoms with Gasteiger partial charge in [-0.3, -0.25) is 14.5 Å². The number of carboxylic acid groups (broad SMARTS) is 1. The molecule has 0 spiro atoms. The molecule has 2 aromatic rings. The monoisotopic (exact) mass is 384 g/mol. The van der Waals surface area contributed by atoms with Crippen LogP contribution in [0.25, 0.3) is 11.3 Å². The van der Waals surface area contributed by atoms with Crippen molar-refractivity contribution in [2.24, 2.45) is 0 Å². The molecule has 0 aliphatic carbocycles. The summed E-state index contributed by atoms with van der Waals surface area (Å²) in [6, 6.07) is 7.98. The lowest BCUT2D eigenvalue weighted by Gasteiger charge is -2.18. The van der Waals surface area contributed by atoms with Crippen LogP contribution in [0.2, 0.25) is 0 Å². The van der Waals surface area contributed by atoms with Crippen LogP contribution in [0.1, 0.15) is 18.2 Å². The zero-order valence-electron chi connectivity index (χ0n) is 14.5. The Balaban J connectivity index is 1.99. The molecular weight excluding hydrogens is 365 g/mol. The number of carbonyl (C=O) groups is 2. The second-order valence-electron chi connectivity index (χ2n) is 5.81. The molecule has 1 aromatic carbocycles. The van der Waals surface area contributed by atoms with Gasteiger partial charge in [0.15, 0.2) is 0 Å². The van der Waals surface area contributed by atoms with Gasteiger partial charge in [-0.1, -0.05) is 19.1 Å². The van der Waals surface area contributed by atoms with Crippen LogP contribution in [-0.2, 0) is 22.3 Å². The van der Waals surface area contributed by atoms with Gasteiger partial charge in [-0.2, -0.15) is 13.2 Å². The SMILES string of the molecule is CCN(CC(=O)NCC(=O)O)Cc1ccc(-c2ccc(C(F)(F)F)cc2)o1. The molecule has 27 heavy (non-hydrogen) atoms. The second-order valence-corrected chi connectivity index (χ2v) is 5.81. The van der Waals surface area contributed by atoms with E-state index in [1.807, 2.05) is 6.92 Å². The average Bonchev–Trinajstić information content (AvgIpc) is 3.07.